The second-order valence-electron chi connectivity index (χ2n) is 6.72. The van der Waals surface area contributed by atoms with Gasteiger partial charge >= 0.3 is 5.97 Å². The largest absolute Gasteiger partial charge is 0.497 e. The van der Waals surface area contributed by atoms with Crippen LogP contribution in [0, 0.1) is 0 Å². The molecule has 1 aliphatic rings. The molecule has 0 aliphatic carbocycles. The number of hydrogen-bond donors (Lipinski definition) is 0. The van der Waals surface area contributed by atoms with E-state index in [4.69, 9.17) is 18.9 Å². The number of hydrogen-bond acceptors (Lipinski definition) is 6. The first kappa shape index (κ1) is 20.2. The van der Waals surface area contributed by atoms with E-state index < -0.39 is 5.97 Å². The molecule has 1 heterocycles. The molecule has 0 fully saturated rings. The molecule has 0 atom stereocenters. The first-order valence-corrected chi connectivity index (χ1v) is 9.75. The fourth-order valence-electron chi connectivity index (χ4n) is 3.12. The van der Waals surface area contributed by atoms with Gasteiger partial charge in [-0.1, -0.05) is 18.2 Å². The lowest BCUT2D eigenvalue weighted by molar-refractivity contribution is 0.0734. The molecule has 0 spiro atoms. The van der Waals surface area contributed by atoms with Crippen molar-refractivity contribution in [2.24, 2.45) is 0 Å². The summed E-state index contributed by atoms with van der Waals surface area (Å²) in [6, 6.07) is 18.7. The van der Waals surface area contributed by atoms with Crippen LogP contribution in [0.1, 0.15) is 33.2 Å². The molecule has 156 valence electrons. The standard InChI is InChI=1S/C25H20O6/c1-3-29-20-11-12-21-22(15-20)31-23(24(21)26)13-16-7-9-18(10-8-16)30-25(27)17-5-4-6-19(14-17)28-2/h4-15H,3H2,1-2H3/b23-13-. The van der Waals surface area contributed by atoms with E-state index >= 15 is 0 Å². The first-order valence-electron chi connectivity index (χ1n) is 9.75. The highest BCUT2D eigenvalue weighted by Gasteiger charge is 2.27. The highest BCUT2D eigenvalue weighted by Crippen LogP contribution is 2.35. The smallest absolute Gasteiger partial charge is 0.343 e. The maximum absolute atomic E-state index is 12.6. The van der Waals surface area contributed by atoms with Gasteiger partial charge in [-0.3, -0.25) is 4.79 Å². The highest BCUT2D eigenvalue weighted by molar-refractivity contribution is 6.14. The Hall–Kier alpha value is -4.06. The van der Waals surface area contributed by atoms with Gasteiger partial charge in [-0.2, -0.15) is 0 Å². The molecule has 0 saturated heterocycles. The van der Waals surface area contributed by atoms with Crippen LogP contribution >= 0.6 is 0 Å². The van der Waals surface area contributed by atoms with Crippen molar-refractivity contribution in [1.29, 1.82) is 0 Å². The van der Waals surface area contributed by atoms with E-state index in [0.29, 0.717) is 40.7 Å². The fourth-order valence-corrected chi connectivity index (χ4v) is 3.12. The van der Waals surface area contributed by atoms with Crippen LogP contribution in [-0.4, -0.2) is 25.5 Å². The van der Waals surface area contributed by atoms with Gasteiger partial charge in [-0.05, 0) is 61.0 Å². The third-order valence-electron chi connectivity index (χ3n) is 4.65. The van der Waals surface area contributed by atoms with Crippen molar-refractivity contribution < 1.29 is 28.5 Å². The number of methoxy groups -OCH3 is 1. The molecule has 0 aromatic heterocycles. The minimum Gasteiger partial charge on any atom is -0.497 e. The third kappa shape index (κ3) is 4.43. The summed E-state index contributed by atoms with van der Waals surface area (Å²) >= 11 is 0. The molecular weight excluding hydrogens is 396 g/mol. The van der Waals surface area contributed by atoms with Gasteiger partial charge in [0.25, 0.3) is 0 Å². The first-order chi connectivity index (χ1) is 15.1. The zero-order chi connectivity index (χ0) is 21.8. The van der Waals surface area contributed by atoms with Gasteiger partial charge in [-0.15, -0.1) is 0 Å². The van der Waals surface area contributed by atoms with Crippen LogP contribution in [0.4, 0.5) is 0 Å². The molecule has 0 unspecified atom stereocenters. The SMILES string of the molecule is CCOc1ccc2c(c1)O/C(=C\c1ccc(OC(=O)c3cccc(OC)c3)cc1)C2=O. The van der Waals surface area contributed by atoms with Gasteiger partial charge in [0.2, 0.25) is 5.78 Å². The summed E-state index contributed by atoms with van der Waals surface area (Å²) in [5.74, 6) is 1.64. The van der Waals surface area contributed by atoms with Crippen molar-refractivity contribution in [3.8, 4) is 23.0 Å². The number of carbonyl (C=O) groups excluding carboxylic acids is 2. The Morgan fingerprint density at radius 1 is 0.968 bits per heavy atom. The summed E-state index contributed by atoms with van der Waals surface area (Å²) in [4.78, 5) is 24.9. The van der Waals surface area contributed by atoms with Gasteiger partial charge in [0.05, 0.1) is 24.8 Å². The molecular formula is C25H20O6. The lowest BCUT2D eigenvalue weighted by atomic mass is 10.1. The number of allylic oxidation sites excluding steroid dienone is 1. The number of ether oxygens (including phenoxy) is 4. The van der Waals surface area contributed by atoms with Crippen LogP contribution in [0.25, 0.3) is 6.08 Å². The van der Waals surface area contributed by atoms with Crippen molar-refractivity contribution in [1.82, 2.24) is 0 Å². The zero-order valence-corrected chi connectivity index (χ0v) is 17.1. The average Bonchev–Trinajstić information content (AvgIpc) is 3.10. The molecule has 31 heavy (non-hydrogen) atoms. The molecule has 6 nitrogen and oxygen atoms in total. The van der Waals surface area contributed by atoms with Crippen molar-refractivity contribution in [2.45, 2.75) is 6.92 Å². The Labute approximate surface area is 179 Å². The van der Waals surface area contributed by atoms with Crippen molar-refractivity contribution >= 4 is 17.8 Å². The predicted molar refractivity (Wildman–Crippen MR) is 115 cm³/mol. The number of ketones is 1. The summed E-state index contributed by atoms with van der Waals surface area (Å²) < 4.78 is 21.7. The molecule has 0 saturated carbocycles. The van der Waals surface area contributed by atoms with Crippen molar-refractivity contribution in [3.63, 3.8) is 0 Å². The molecule has 1 aliphatic heterocycles. The zero-order valence-electron chi connectivity index (χ0n) is 17.1. The summed E-state index contributed by atoms with van der Waals surface area (Å²) in [6.45, 7) is 2.42. The maximum atomic E-state index is 12.6. The Balaban J connectivity index is 1.46. The van der Waals surface area contributed by atoms with E-state index in [9.17, 15) is 9.59 Å². The van der Waals surface area contributed by atoms with E-state index in [2.05, 4.69) is 0 Å². The van der Waals surface area contributed by atoms with Crippen LogP contribution in [0.3, 0.4) is 0 Å². The van der Waals surface area contributed by atoms with Crippen molar-refractivity contribution in [2.75, 3.05) is 13.7 Å². The van der Waals surface area contributed by atoms with E-state index in [1.807, 2.05) is 6.92 Å². The number of carbonyl (C=O) groups is 2. The number of fused-ring (bicyclic) bond motifs is 1. The minimum atomic E-state index is -0.486. The normalized spacial score (nSPS) is 13.5. The molecule has 6 heteroatoms. The predicted octanol–water partition coefficient (Wildman–Crippen LogP) is 4.93. The monoisotopic (exact) mass is 416 g/mol. The second-order valence-corrected chi connectivity index (χ2v) is 6.72. The molecule has 0 bridgehead atoms. The molecule has 4 rings (SSSR count). The minimum absolute atomic E-state index is 0.188. The van der Waals surface area contributed by atoms with Crippen LogP contribution < -0.4 is 18.9 Å². The quantitative estimate of drug-likeness (QED) is 0.322. The van der Waals surface area contributed by atoms with Gasteiger partial charge in [0.15, 0.2) is 5.76 Å². The van der Waals surface area contributed by atoms with Crippen LogP contribution in [0.5, 0.6) is 23.0 Å². The van der Waals surface area contributed by atoms with Crippen LogP contribution in [0.15, 0.2) is 72.5 Å². The van der Waals surface area contributed by atoms with E-state index in [-0.39, 0.29) is 11.5 Å². The summed E-state index contributed by atoms with van der Waals surface area (Å²) in [5, 5.41) is 0. The van der Waals surface area contributed by atoms with E-state index in [1.165, 1.54) is 7.11 Å². The number of rotatable bonds is 6. The van der Waals surface area contributed by atoms with E-state index in [0.717, 1.165) is 5.56 Å². The van der Waals surface area contributed by atoms with E-state index in [1.54, 1.807) is 72.8 Å². The summed E-state index contributed by atoms with van der Waals surface area (Å²) in [7, 11) is 1.53. The number of benzene rings is 3. The number of esters is 1. The molecule has 3 aromatic rings. The number of Topliss-reactive ketones (excluding diaryl/α,β-unsaturated/α-hetero) is 1. The van der Waals surface area contributed by atoms with Gasteiger partial charge in [0.1, 0.15) is 23.0 Å². The molecule has 0 N–H and O–H groups in total. The lowest BCUT2D eigenvalue weighted by Crippen LogP contribution is -2.08. The van der Waals surface area contributed by atoms with Gasteiger partial charge < -0.3 is 18.9 Å². The topological polar surface area (TPSA) is 71.1 Å². The summed E-state index contributed by atoms with van der Waals surface area (Å²) in [6.07, 6.45) is 1.65. The third-order valence-corrected chi connectivity index (χ3v) is 4.65. The highest BCUT2D eigenvalue weighted by atomic mass is 16.5. The van der Waals surface area contributed by atoms with Crippen LogP contribution in [-0.2, 0) is 0 Å². The molecule has 0 radical (unpaired) electrons. The van der Waals surface area contributed by atoms with Crippen LogP contribution in [0.2, 0.25) is 0 Å². The Morgan fingerprint density at radius 2 is 1.74 bits per heavy atom. The summed E-state index contributed by atoms with van der Waals surface area (Å²) in [5.41, 5.74) is 1.63. The maximum Gasteiger partial charge on any atom is 0.343 e. The Kier molecular flexibility index (Phi) is 5.71. The second kappa shape index (κ2) is 8.75. The Bertz CT molecular complexity index is 1160. The molecule has 3 aromatic carbocycles. The fraction of sp³-hybridized carbons (Fsp3) is 0.120. The van der Waals surface area contributed by atoms with Gasteiger partial charge in [0, 0.05) is 6.07 Å². The molecule has 0 amide bonds. The van der Waals surface area contributed by atoms with Gasteiger partial charge in [-0.25, -0.2) is 4.79 Å². The lowest BCUT2D eigenvalue weighted by Gasteiger charge is -2.06. The average molecular weight is 416 g/mol. The van der Waals surface area contributed by atoms with Crippen molar-refractivity contribution in [3.05, 3.63) is 89.2 Å². The Morgan fingerprint density at radius 3 is 2.48 bits per heavy atom.